The van der Waals surface area contributed by atoms with Crippen LogP contribution in [0.3, 0.4) is 0 Å². The molecule has 18 heavy (non-hydrogen) atoms. The van der Waals surface area contributed by atoms with Gasteiger partial charge in [-0.25, -0.2) is 0 Å². The number of carboxylic acids is 1. The zero-order valence-electron chi connectivity index (χ0n) is 10.6. The van der Waals surface area contributed by atoms with Gasteiger partial charge in [0.25, 0.3) is 0 Å². The van der Waals surface area contributed by atoms with E-state index in [0.717, 1.165) is 17.9 Å². The third-order valence-electron chi connectivity index (χ3n) is 3.26. The predicted octanol–water partition coefficient (Wildman–Crippen LogP) is 0.557. The van der Waals surface area contributed by atoms with E-state index < -0.39 is 5.97 Å². The first-order valence-corrected chi connectivity index (χ1v) is 5.97. The number of aromatic nitrogens is 1. The van der Waals surface area contributed by atoms with Gasteiger partial charge in [0.1, 0.15) is 5.76 Å². The summed E-state index contributed by atoms with van der Waals surface area (Å²) in [6.07, 6.45) is 0.782. The molecule has 2 rings (SSSR count). The van der Waals surface area contributed by atoms with Gasteiger partial charge < -0.3 is 14.4 Å². The largest absolute Gasteiger partial charge is 0.480 e. The van der Waals surface area contributed by atoms with Crippen molar-refractivity contribution in [3.05, 3.63) is 17.5 Å². The Hall–Kier alpha value is -1.40. The molecule has 0 amide bonds. The summed E-state index contributed by atoms with van der Waals surface area (Å²) in [4.78, 5) is 12.6. The van der Waals surface area contributed by atoms with Crippen molar-refractivity contribution in [2.45, 2.75) is 19.4 Å². The molecule has 0 aromatic carbocycles. The predicted molar refractivity (Wildman–Crippen MR) is 63.3 cm³/mol. The number of nitrogens with zero attached hydrogens (tertiary/aromatic N) is 2. The van der Waals surface area contributed by atoms with E-state index in [1.807, 2.05) is 17.9 Å². The van der Waals surface area contributed by atoms with Crippen molar-refractivity contribution < 1.29 is 19.2 Å². The molecular weight excluding hydrogens is 236 g/mol. The Morgan fingerprint density at radius 1 is 1.67 bits per heavy atom. The molecule has 1 aromatic rings. The lowest BCUT2D eigenvalue weighted by Gasteiger charge is -2.14. The molecule has 1 N–H and O–H groups in total. The minimum atomic E-state index is -0.805. The first kappa shape index (κ1) is 13.0. The second-order valence-corrected chi connectivity index (χ2v) is 4.76. The van der Waals surface area contributed by atoms with Crippen molar-refractivity contribution in [1.29, 1.82) is 0 Å². The zero-order chi connectivity index (χ0) is 13.1. The smallest absolute Gasteiger partial charge is 0.317 e. The van der Waals surface area contributed by atoms with Crippen LogP contribution < -0.4 is 0 Å². The van der Waals surface area contributed by atoms with E-state index in [1.54, 1.807) is 7.11 Å². The van der Waals surface area contributed by atoms with Crippen molar-refractivity contribution >= 4 is 5.97 Å². The van der Waals surface area contributed by atoms with Crippen molar-refractivity contribution in [3.8, 4) is 0 Å². The first-order chi connectivity index (χ1) is 8.58. The Kier molecular flexibility index (Phi) is 3.98. The van der Waals surface area contributed by atoms with Gasteiger partial charge in [-0.15, -0.1) is 0 Å². The van der Waals surface area contributed by atoms with E-state index in [0.29, 0.717) is 13.1 Å². The van der Waals surface area contributed by atoms with E-state index in [4.69, 9.17) is 14.4 Å². The molecule has 6 nitrogen and oxygen atoms in total. The number of hydrogen-bond donors (Lipinski definition) is 1. The molecule has 0 bridgehead atoms. The zero-order valence-corrected chi connectivity index (χ0v) is 10.6. The Morgan fingerprint density at radius 3 is 3.00 bits per heavy atom. The molecule has 1 aliphatic rings. The molecule has 2 atom stereocenters. The highest BCUT2D eigenvalue weighted by Gasteiger charge is 2.34. The Balaban J connectivity index is 1.96. The van der Waals surface area contributed by atoms with Gasteiger partial charge in [0, 0.05) is 38.6 Å². The summed E-state index contributed by atoms with van der Waals surface area (Å²) < 4.78 is 10.6. The van der Waals surface area contributed by atoms with Crippen LogP contribution in [0.25, 0.3) is 0 Å². The van der Waals surface area contributed by atoms with Crippen LogP contribution in [0.15, 0.2) is 10.6 Å². The number of aryl methyl sites for hydroxylation is 1. The topological polar surface area (TPSA) is 75.8 Å². The van der Waals surface area contributed by atoms with Crippen molar-refractivity contribution in [2.75, 3.05) is 26.7 Å². The van der Waals surface area contributed by atoms with Crippen LogP contribution >= 0.6 is 0 Å². The Bertz CT molecular complexity index is 418. The third-order valence-corrected chi connectivity index (χ3v) is 3.26. The maximum Gasteiger partial charge on any atom is 0.317 e. The number of methoxy groups -OCH3 is 1. The molecule has 1 aromatic heterocycles. The first-order valence-electron chi connectivity index (χ1n) is 5.97. The second kappa shape index (κ2) is 5.49. The summed E-state index contributed by atoms with van der Waals surface area (Å²) in [5, 5.41) is 12.7. The number of hydrogen-bond acceptors (Lipinski definition) is 5. The van der Waals surface area contributed by atoms with Crippen molar-refractivity contribution in [3.63, 3.8) is 0 Å². The highest BCUT2D eigenvalue weighted by molar-refractivity contribution is 5.69. The molecular formula is C12H18N2O4. The Labute approximate surface area is 106 Å². The summed E-state index contributed by atoms with van der Waals surface area (Å²) in [6.45, 7) is 3.31. The summed E-state index contributed by atoms with van der Waals surface area (Å²) in [6, 6.07) is 1.91. The van der Waals surface area contributed by atoms with Gasteiger partial charge in [-0.3, -0.25) is 9.69 Å². The Morgan fingerprint density at radius 2 is 2.44 bits per heavy atom. The second-order valence-electron chi connectivity index (χ2n) is 4.76. The fourth-order valence-corrected chi connectivity index (χ4v) is 2.48. The standard InChI is InChI=1S/C12H18N2O4/c1-8-3-10(18-13-8)4-9-5-14(7-12(15)16)6-11(9)17-2/h3,9,11H,4-7H2,1-2H3,(H,15,16)/t9-,11+/m1/s1. The molecule has 6 heteroatoms. The highest BCUT2D eigenvalue weighted by atomic mass is 16.5. The molecule has 0 unspecified atom stereocenters. The number of carbonyl (C=O) groups is 1. The summed E-state index contributed by atoms with van der Waals surface area (Å²) in [5.74, 6) is 0.277. The van der Waals surface area contributed by atoms with Crippen molar-refractivity contribution in [1.82, 2.24) is 10.1 Å². The van der Waals surface area contributed by atoms with E-state index in [2.05, 4.69) is 5.16 Å². The average Bonchev–Trinajstić information content (AvgIpc) is 2.85. The number of likely N-dealkylation sites (tertiary alicyclic amines) is 1. The van der Waals surface area contributed by atoms with Crippen LogP contribution in [0.5, 0.6) is 0 Å². The number of aliphatic carboxylic acids is 1. The number of ether oxygens (including phenoxy) is 1. The number of rotatable bonds is 5. The lowest BCUT2D eigenvalue weighted by Crippen LogP contribution is -2.28. The number of carboxylic acid groups (broad SMARTS) is 1. The van der Waals surface area contributed by atoms with E-state index >= 15 is 0 Å². The van der Waals surface area contributed by atoms with Gasteiger partial charge in [0.15, 0.2) is 0 Å². The molecule has 1 aliphatic heterocycles. The van der Waals surface area contributed by atoms with Gasteiger partial charge in [-0.05, 0) is 6.92 Å². The van der Waals surface area contributed by atoms with Gasteiger partial charge in [0.05, 0.1) is 18.3 Å². The maximum absolute atomic E-state index is 10.7. The fraction of sp³-hybridized carbons (Fsp3) is 0.667. The van der Waals surface area contributed by atoms with E-state index in [1.165, 1.54) is 0 Å². The SMILES string of the molecule is CO[C@H]1CN(CC(=O)O)C[C@H]1Cc1cc(C)no1. The van der Waals surface area contributed by atoms with Crippen LogP contribution in [0, 0.1) is 12.8 Å². The van der Waals surface area contributed by atoms with E-state index in [9.17, 15) is 4.79 Å². The molecule has 0 saturated carbocycles. The van der Waals surface area contributed by atoms with Gasteiger partial charge in [0.2, 0.25) is 0 Å². The van der Waals surface area contributed by atoms with Crippen LogP contribution in [0.4, 0.5) is 0 Å². The molecule has 0 radical (unpaired) electrons. The molecule has 1 saturated heterocycles. The summed E-state index contributed by atoms with van der Waals surface area (Å²) in [5.41, 5.74) is 0.861. The fourth-order valence-electron chi connectivity index (χ4n) is 2.48. The van der Waals surface area contributed by atoms with Gasteiger partial charge in [-0.1, -0.05) is 5.16 Å². The summed E-state index contributed by atoms with van der Waals surface area (Å²) >= 11 is 0. The quantitative estimate of drug-likeness (QED) is 0.827. The third kappa shape index (κ3) is 3.08. The molecule has 0 aliphatic carbocycles. The van der Waals surface area contributed by atoms with Crippen LogP contribution in [-0.2, 0) is 16.0 Å². The highest BCUT2D eigenvalue weighted by Crippen LogP contribution is 2.23. The summed E-state index contributed by atoms with van der Waals surface area (Å²) in [7, 11) is 1.66. The molecule has 0 spiro atoms. The van der Waals surface area contributed by atoms with Crippen LogP contribution in [-0.4, -0.2) is 54.0 Å². The molecule has 1 fully saturated rings. The van der Waals surface area contributed by atoms with E-state index in [-0.39, 0.29) is 18.6 Å². The van der Waals surface area contributed by atoms with Crippen LogP contribution in [0.1, 0.15) is 11.5 Å². The maximum atomic E-state index is 10.7. The average molecular weight is 254 g/mol. The normalized spacial score (nSPS) is 24.6. The lowest BCUT2D eigenvalue weighted by molar-refractivity contribution is -0.138. The molecule has 2 heterocycles. The van der Waals surface area contributed by atoms with Gasteiger partial charge in [-0.2, -0.15) is 0 Å². The van der Waals surface area contributed by atoms with Gasteiger partial charge >= 0.3 is 5.97 Å². The minimum absolute atomic E-state index is 0.0507. The lowest BCUT2D eigenvalue weighted by atomic mass is 10.0. The van der Waals surface area contributed by atoms with Crippen molar-refractivity contribution in [2.24, 2.45) is 5.92 Å². The minimum Gasteiger partial charge on any atom is -0.480 e. The van der Waals surface area contributed by atoms with Crippen LogP contribution in [0.2, 0.25) is 0 Å². The molecule has 100 valence electrons. The monoisotopic (exact) mass is 254 g/mol.